The van der Waals surface area contributed by atoms with Gasteiger partial charge in [0, 0.05) is 25.0 Å². The van der Waals surface area contributed by atoms with Crippen LogP contribution >= 0.6 is 0 Å². The summed E-state index contributed by atoms with van der Waals surface area (Å²) in [6.07, 6.45) is 0. The van der Waals surface area contributed by atoms with E-state index in [0.29, 0.717) is 18.8 Å². The summed E-state index contributed by atoms with van der Waals surface area (Å²) < 4.78 is 0. The van der Waals surface area contributed by atoms with E-state index in [4.69, 9.17) is 5.73 Å². The minimum atomic E-state index is -0.0150. The first-order valence-electron chi connectivity index (χ1n) is 6.52. The molecule has 2 aromatic rings. The van der Waals surface area contributed by atoms with Crippen molar-refractivity contribution in [3.05, 3.63) is 60.2 Å². The lowest BCUT2D eigenvalue weighted by Crippen LogP contribution is -2.34. The molecule has 0 spiro atoms. The maximum absolute atomic E-state index is 11.9. The van der Waals surface area contributed by atoms with Crippen LogP contribution in [-0.4, -0.2) is 19.5 Å². The first-order chi connectivity index (χ1) is 9.65. The fourth-order valence-electron chi connectivity index (χ4n) is 1.92. The molecule has 1 amide bonds. The lowest BCUT2D eigenvalue weighted by atomic mass is 10.2. The van der Waals surface area contributed by atoms with Crippen LogP contribution in [0.3, 0.4) is 0 Å². The number of hydrogen-bond acceptors (Lipinski definition) is 3. The Kier molecular flexibility index (Phi) is 4.60. The van der Waals surface area contributed by atoms with Gasteiger partial charge < -0.3 is 16.0 Å². The van der Waals surface area contributed by atoms with Crippen LogP contribution in [0.25, 0.3) is 0 Å². The Balaban J connectivity index is 1.85. The maximum atomic E-state index is 11.9. The number of nitrogens with one attached hydrogen (secondary N) is 1. The smallest absolute Gasteiger partial charge is 0.239 e. The molecule has 20 heavy (non-hydrogen) atoms. The molecule has 3 N–H and O–H groups in total. The van der Waals surface area contributed by atoms with Crippen molar-refractivity contribution in [1.82, 2.24) is 5.32 Å². The fraction of sp³-hybridized carbons (Fsp3) is 0.188. The van der Waals surface area contributed by atoms with Crippen molar-refractivity contribution in [2.24, 2.45) is 0 Å². The lowest BCUT2D eigenvalue weighted by molar-refractivity contribution is -0.119. The third kappa shape index (κ3) is 4.02. The largest absolute Gasteiger partial charge is 0.399 e. The van der Waals surface area contributed by atoms with E-state index in [0.717, 1.165) is 11.3 Å². The summed E-state index contributed by atoms with van der Waals surface area (Å²) in [5.41, 5.74) is 8.45. The molecule has 2 aromatic carbocycles. The van der Waals surface area contributed by atoms with Gasteiger partial charge in [0.25, 0.3) is 0 Å². The molecule has 104 valence electrons. The number of hydrogen-bond donors (Lipinski definition) is 2. The quantitative estimate of drug-likeness (QED) is 0.816. The van der Waals surface area contributed by atoms with Crippen molar-refractivity contribution < 1.29 is 4.79 Å². The number of likely N-dealkylation sites (N-methyl/N-ethyl adjacent to an activating group) is 1. The number of amides is 1. The van der Waals surface area contributed by atoms with Crippen LogP contribution < -0.4 is 16.0 Å². The van der Waals surface area contributed by atoms with Gasteiger partial charge in [-0.2, -0.15) is 0 Å². The molecule has 2 rings (SSSR count). The molecule has 4 heteroatoms. The van der Waals surface area contributed by atoms with Crippen molar-refractivity contribution in [2.45, 2.75) is 6.54 Å². The third-order valence-corrected chi connectivity index (χ3v) is 3.02. The zero-order chi connectivity index (χ0) is 14.4. The molecule has 0 saturated heterocycles. The third-order valence-electron chi connectivity index (χ3n) is 3.02. The normalized spacial score (nSPS) is 10.1. The molecule has 0 heterocycles. The lowest BCUT2D eigenvalue weighted by Gasteiger charge is -2.19. The summed E-state index contributed by atoms with van der Waals surface area (Å²) in [6, 6.07) is 17.3. The van der Waals surface area contributed by atoms with Gasteiger partial charge in [0.1, 0.15) is 0 Å². The SMILES string of the molecule is CN(CC(=O)NCc1ccccc1)c1cccc(N)c1. The first-order valence-corrected chi connectivity index (χ1v) is 6.52. The number of carbonyl (C=O) groups is 1. The zero-order valence-corrected chi connectivity index (χ0v) is 11.5. The summed E-state index contributed by atoms with van der Waals surface area (Å²) in [7, 11) is 1.87. The Morgan fingerprint density at radius 2 is 1.90 bits per heavy atom. The molecule has 0 fully saturated rings. The summed E-state index contributed by atoms with van der Waals surface area (Å²) in [6.45, 7) is 0.848. The molecular weight excluding hydrogens is 250 g/mol. The highest BCUT2D eigenvalue weighted by Gasteiger charge is 2.07. The highest BCUT2D eigenvalue weighted by atomic mass is 16.2. The highest BCUT2D eigenvalue weighted by molar-refractivity contribution is 5.81. The summed E-state index contributed by atoms with van der Waals surface area (Å²) in [4.78, 5) is 13.8. The van der Waals surface area contributed by atoms with E-state index < -0.39 is 0 Å². The van der Waals surface area contributed by atoms with Crippen LogP contribution in [-0.2, 0) is 11.3 Å². The number of rotatable bonds is 5. The van der Waals surface area contributed by atoms with Gasteiger partial charge in [-0.15, -0.1) is 0 Å². The van der Waals surface area contributed by atoms with Gasteiger partial charge in [-0.3, -0.25) is 4.79 Å². The molecule has 0 aliphatic heterocycles. The predicted molar refractivity (Wildman–Crippen MR) is 82.4 cm³/mol. The average Bonchev–Trinajstić information content (AvgIpc) is 2.46. The van der Waals surface area contributed by atoms with Gasteiger partial charge in [0.2, 0.25) is 5.91 Å². The second kappa shape index (κ2) is 6.61. The monoisotopic (exact) mass is 269 g/mol. The van der Waals surface area contributed by atoms with Gasteiger partial charge in [0.15, 0.2) is 0 Å². The van der Waals surface area contributed by atoms with Gasteiger partial charge >= 0.3 is 0 Å². The molecule has 0 aliphatic rings. The molecule has 0 aromatic heterocycles. The van der Waals surface area contributed by atoms with Crippen LogP contribution in [0.15, 0.2) is 54.6 Å². The van der Waals surface area contributed by atoms with Crippen LogP contribution in [0.5, 0.6) is 0 Å². The molecule has 0 radical (unpaired) electrons. The van der Waals surface area contributed by atoms with Crippen molar-refractivity contribution in [2.75, 3.05) is 24.2 Å². The Morgan fingerprint density at radius 3 is 2.60 bits per heavy atom. The molecule has 0 unspecified atom stereocenters. The minimum absolute atomic E-state index is 0.0150. The molecule has 0 saturated carbocycles. The molecular formula is C16H19N3O. The Hall–Kier alpha value is -2.49. The maximum Gasteiger partial charge on any atom is 0.239 e. The van der Waals surface area contributed by atoms with E-state index in [-0.39, 0.29) is 5.91 Å². The topological polar surface area (TPSA) is 58.4 Å². The minimum Gasteiger partial charge on any atom is -0.399 e. The van der Waals surface area contributed by atoms with Crippen LogP contribution in [0.2, 0.25) is 0 Å². The van der Waals surface area contributed by atoms with Crippen molar-refractivity contribution in [1.29, 1.82) is 0 Å². The Bertz CT molecular complexity index is 569. The number of anilines is 2. The second-order valence-corrected chi connectivity index (χ2v) is 4.71. The predicted octanol–water partition coefficient (Wildman–Crippen LogP) is 2.02. The van der Waals surface area contributed by atoms with E-state index in [1.807, 2.05) is 66.5 Å². The van der Waals surface area contributed by atoms with E-state index in [1.165, 1.54) is 0 Å². The molecule has 4 nitrogen and oxygen atoms in total. The van der Waals surface area contributed by atoms with E-state index in [1.54, 1.807) is 0 Å². The number of carbonyl (C=O) groups excluding carboxylic acids is 1. The second-order valence-electron chi connectivity index (χ2n) is 4.71. The standard InChI is InChI=1S/C16H19N3O/c1-19(15-9-5-8-14(17)10-15)12-16(20)18-11-13-6-3-2-4-7-13/h2-10H,11-12,17H2,1H3,(H,18,20). The van der Waals surface area contributed by atoms with Crippen LogP contribution in [0, 0.1) is 0 Å². The number of nitrogens with two attached hydrogens (primary N) is 1. The number of nitrogens with zero attached hydrogens (tertiary/aromatic N) is 1. The fourth-order valence-corrected chi connectivity index (χ4v) is 1.92. The van der Waals surface area contributed by atoms with E-state index in [2.05, 4.69) is 5.32 Å². The first kappa shape index (κ1) is 13.9. The van der Waals surface area contributed by atoms with E-state index >= 15 is 0 Å². The summed E-state index contributed by atoms with van der Waals surface area (Å²) >= 11 is 0. The highest BCUT2D eigenvalue weighted by Crippen LogP contribution is 2.15. The van der Waals surface area contributed by atoms with Crippen molar-refractivity contribution in [3.63, 3.8) is 0 Å². The van der Waals surface area contributed by atoms with Gasteiger partial charge in [-0.25, -0.2) is 0 Å². The molecule has 0 bridgehead atoms. The van der Waals surface area contributed by atoms with Gasteiger partial charge in [0.05, 0.1) is 6.54 Å². The Morgan fingerprint density at radius 1 is 1.15 bits per heavy atom. The van der Waals surface area contributed by atoms with Crippen molar-refractivity contribution in [3.8, 4) is 0 Å². The van der Waals surface area contributed by atoms with Gasteiger partial charge in [-0.05, 0) is 23.8 Å². The summed E-state index contributed by atoms with van der Waals surface area (Å²) in [5, 5.41) is 2.90. The van der Waals surface area contributed by atoms with Crippen LogP contribution in [0.4, 0.5) is 11.4 Å². The number of nitrogen functional groups attached to an aromatic ring is 1. The number of benzene rings is 2. The molecule has 0 atom stereocenters. The average molecular weight is 269 g/mol. The van der Waals surface area contributed by atoms with Crippen molar-refractivity contribution >= 4 is 17.3 Å². The van der Waals surface area contributed by atoms with Crippen LogP contribution in [0.1, 0.15) is 5.56 Å². The summed E-state index contributed by atoms with van der Waals surface area (Å²) in [5.74, 6) is -0.0150. The zero-order valence-electron chi connectivity index (χ0n) is 11.5. The van der Waals surface area contributed by atoms with Gasteiger partial charge in [-0.1, -0.05) is 36.4 Å². The Labute approximate surface area is 119 Å². The molecule has 0 aliphatic carbocycles. The van der Waals surface area contributed by atoms with E-state index in [9.17, 15) is 4.79 Å².